The van der Waals surface area contributed by atoms with Crippen LogP contribution in [-0.2, 0) is 4.79 Å². The van der Waals surface area contributed by atoms with E-state index in [1.165, 1.54) is 18.2 Å². The number of phenolic OH excluding ortho intramolecular Hbond substituents is 2. The van der Waals surface area contributed by atoms with Crippen LogP contribution in [0.4, 0.5) is 0 Å². The van der Waals surface area contributed by atoms with Gasteiger partial charge in [0, 0.05) is 11.6 Å². The first-order valence-electron chi connectivity index (χ1n) is 8.66. The average molecular weight is 376 g/mol. The fourth-order valence-corrected chi connectivity index (χ4v) is 2.59. The lowest BCUT2D eigenvalue weighted by atomic mass is 10.1. The third-order valence-corrected chi connectivity index (χ3v) is 4.05. The lowest BCUT2D eigenvalue weighted by Crippen LogP contribution is -2.25. The third kappa shape index (κ3) is 4.88. The minimum atomic E-state index is -0.426. The molecule has 3 rings (SSSR count). The first-order chi connectivity index (χ1) is 13.5. The van der Waals surface area contributed by atoms with Crippen molar-refractivity contribution in [3.05, 3.63) is 78.4 Å². The molecule has 0 radical (unpaired) electrons. The van der Waals surface area contributed by atoms with E-state index in [0.29, 0.717) is 17.0 Å². The first-order valence-corrected chi connectivity index (χ1v) is 8.66. The van der Waals surface area contributed by atoms with Crippen LogP contribution in [0.5, 0.6) is 17.2 Å². The molecule has 0 unspecified atom stereocenters. The molecule has 0 saturated heterocycles. The second-order valence-corrected chi connectivity index (χ2v) is 6.11. The minimum absolute atomic E-state index is 0.0511. The van der Waals surface area contributed by atoms with E-state index in [1.807, 2.05) is 42.5 Å². The molecule has 0 aromatic heterocycles. The van der Waals surface area contributed by atoms with E-state index in [1.54, 1.807) is 19.1 Å². The molecule has 0 atom stereocenters. The number of hydrazone groups is 1. The molecule has 0 fully saturated rings. The van der Waals surface area contributed by atoms with Gasteiger partial charge < -0.3 is 14.9 Å². The molecular formula is C22H20N2O4. The van der Waals surface area contributed by atoms with Gasteiger partial charge in [0.25, 0.3) is 5.91 Å². The van der Waals surface area contributed by atoms with Crippen molar-refractivity contribution in [3.63, 3.8) is 0 Å². The summed E-state index contributed by atoms with van der Waals surface area (Å²) >= 11 is 0. The van der Waals surface area contributed by atoms with Gasteiger partial charge in [-0.25, -0.2) is 5.43 Å². The number of carbonyl (C=O) groups excluding carboxylic acids is 1. The van der Waals surface area contributed by atoms with Crippen molar-refractivity contribution in [1.82, 2.24) is 5.43 Å². The fraction of sp³-hybridized carbons (Fsp3) is 0.0909. The largest absolute Gasteiger partial charge is 0.508 e. The van der Waals surface area contributed by atoms with Gasteiger partial charge in [-0.15, -0.1) is 0 Å². The highest BCUT2D eigenvalue weighted by Gasteiger charge is 2.07. The Morgan fingerprint density at radius 3 is 2.32 bits per heavy atom. The summed E-state index contributed by atoms with van der Waals surface area (Å²) in [5, 5.41) is 23.1. The maximum Gasteiger partial charge on any atom is 0.277 e. The maximum atomic E-state index is 11.9. The van der Waals surface area contributed by atoms with Gasteiger partial charge in [0.2, 0.25) is 0 Å². The van der Waals surface area contributed by atoms with Crippen LogP contribution in [0.15, 0.2) is 77.9 Å². The van der Waals surface area contributed by atoms with Gasteiger partial charge >= 0.3 is 0 Å². The monoisotopic (exact) mass is 376 g/mol. The van der Waals surface area contributed by atoms with Crippen LogP contribution in [0, 0.1) is 0 Å². The summed E-state index contributed by atoms with van der Waals surface area (Å²) in [4.78, 5) is 11.9. The summed E-state index contributed by atoms with van der Waals surface area (Å²) in [6.07, 6.45) is 0. The van der Waals surface area contributed by atoms with Gasteiger partial charge in [0.1, 0.15) is 17.2 Å². The predicted molar refractivity (Wildman–Crippen MR) is 107 cm³/mol. The molecular weight excluding hydrogens is 356 g/mol. The molecule has 0 spiro atoms. The Morgan fingerprint density at radius 2 is 1.64 bits per heavy atom. The fourth-order valence-electron chi connectivity index (χ4n) is 2.59. The molecule has 3 N–H and O–H groups in total. The van der Waals surface area contributed by atoms with Crippen LogP contribution in [0.1, 0.15) is 12.5 Å². The number of phenols is 2. The van der Waals surface area contributed by atoms with E-state index in [2.05, 4.69) is 10.5 Å². The Morgan fingerprint density at radius 1 is 0.964 bits per heavy atom. The van der Waals surface area contributed by atoms with Gasteiger partial charge in [-0.3, -0.25) is 4.79 Å². The molecule has 142 valence electrons. The number of ether oxygens (including phenoxy) is 1. The Balaban J connectivity index is 1.54. The topological polar surface area (TPSA) is 91.2 Å². The zero-order chi connectivity index (χ0) is 19.9. The van der Waals surface area contributed by atoms with Crippen LogP contribution in [-0.4, -0.2) is 28.4 Å². The molecule has 6 heteroatoms. The number of amides is 1. The third-order valence-electron chi connectivity index (χ3n) is 4.05. The number of rotatable bonds is 6. The van der Waals surface area contributed by atoms with Gasteiger partial charge in [-0.2, -0.15) is 5.10 Å². The summed E-state index contributed by atoms with van der Waals surface area (Å²) in [6.45, 7) is 1.44. The smallest absolute Gasteiger partial charge is 0.277 e. The van der Waals surface area contributed by atoms with E-state index in [9.17, 15) is 15.0 Å². The molecule has 0 bridgehead atoms. The normalized spacial score (nSPS) is 11.1. The highest BCUT2D eigenvalue weighted by molar-refractivity contribution is 6.01. The van der Waals surface area contributed by atoms with Crippen molar-refractivity contribution >= 4 is 11.6 Å². The van der Waals surface area contributed by atoms with Crippen molar-refractivity contribution in [2.24, 2.45) is 5.10 Å². The van der Waals surface area contributed by atoms with E-state index in [-0.39, 0.29) is 18.1 Å². The second-order valence-electron chi connectivity index (χ2n) is 6.11. The number of hydrogen-bond donors (Lipinski definition) is 3. The van der Waals surface area contributed by atoms with Gasteiger partial charge in [0.15, 0.2) is 6.61 Å². The van der Waals surface area contributed by atoms with E-state index in [0.717, 1.165) is 11.1 Å². The predicted octanol–water partition coefficient (Wildman–Crippen LogP) is 3.68. The molecule has 0 aliphatic carbocycles. The number of carbonyl (C=O) groups is 1. The lowest BCUT2D eigenvalue weighted by molar-refractivity contribution is -0.123. The van der Waals surface area contributed by atoms with E-state index in [4.69, 9.17) is 4.74 Å². The molecule has 0 saturated carbocycles. The summed E-state index contributed by atoms with van der Waals surface area (Å²) < 4.78 is 5.47. The summed E-state index contributed by atoms with van der Waals surface area (Å²) in [6, 6.07) is 21.6. The Bertz CT molecular complexity index is 983. The Hall–Kier alpha value is -3.80. The standard InChI is InChI=1S/C22H20N2O4/c1-15(20-12-9-18(25)13-21(20)26)23-24-22(27)14-28-19-10-7-17(8-11-19)16-5-3-2-4-6-16/h2-13,25-26H,14H2,1H3,(H,24,27)/b23-15+. The summed E-state index contributed by atoms with van der Waals surface area (Å²) in [7, 11) is 0. The van der Waals surface area contributed by atoms with Crippen LogP contribution in [0.25, 0.3) is 11.1 Å². The molecule has 0 aliphatic heterocycles. The SMILES string of the molecule is C/C(=N\NC(=O)COc1ccc(-c2ccccc2)cc1)c1ccc(O)cc1O. The molecule has 3 aromatic carbocycles. The highest BCUT2D eigenvalue weighted by atomic mass is 16.5. The molecule has 28 heavy (non-hydrogen) atoms. The lowest BCUT2D eigenvalue weighted by Gasteiger charge is -2.08. The van der Waals surface area contributed by atoms with Gasteiger partial charge in [-0.1, -0.05) is 42.5 Å². The number of nitrogens with zero attached hydrogens (tertiary/aromatic N) is 1. The van der Waals surface area contributed by atoms with Crippen molar-refractivity contribution in [2.75, 3.05) is 6.61 Å². The summed E-state index contributed by atoms with van der Waals surface area (Å²) in [5.74, 6) is -0.0218. The summed E-state index contributed by atoms with van der Waals surface area (Å²) in [5.41, 5.74) is 5.36. The van der Waals surface area contributed by atoms with Crippen LogP contribution < -0.4 is 10.2 Å². The quantitative estimate of drug-likeness (QED) is 0.452. The zero-order valence-corrected chi connectivity index (χ0v) is 15.3. The van der Waals surface area contributed by atoms with Gasteiger partial charge in [0.05, 0.1) is 5.71 Å². The maximum absolute atomic E-state index is 11.9. The molecule has 3 aromatic rings. The Labute approximate surface area is 162 Å². The number of nitrogens with one attached hydrogen (secondary N) is 1. The van der Waals surface area contributed by atoms with Crippen LogP contribution in [0.3, 0.4) is 0 Å². The molecule has 0 aliphatic rings. The molecule has 6 nitrogen and oxygen atoms in total. The zero-order valence-electron chi connectivity index (χ0n) is 15.3. The molecule has 0 heterocycles. The average Bonchev–Trinajstić information content (AvgIpc) is 2.71. The van der Waals surface area contributed by atoms with Crippen molar-refractivity contribution < 1.29 is 19.7 Å². The van der Waals surface area contributed by atoms with Crippen molar-refractivity contribution in [1.29, 1.82) is 0 Å². The second kappa shape index (κ2) is 8.73. The van der Waals surface area contributed by atoms with Crippen molar-refractivity contribution in [3.8, 4) is 28.4 Å². The van der Waals surface area contributed by atoms with E-state index >= 15 is 0 Å². The number of hydrogen-bond acceptors (Lipinski definition) is 5. The number of benzene rings is 3. The van der Waals surface area contributed by atoms with Crippen LogP contribution >= 0.6 is 0 Å². The highest BCUT2D eigenvalue weighted by Crippen LogP contribution is 2.23. The van der Waals surface area contributed by atoms with E-state index < -0.39 is 5.91 Å². The number of aromatic hydroxyl groups is 2. The van der Waals surface area contributed by atoms with Crippen LogP contribution in [0.2, 0.25) is 0 Å². The Kier molecular flexibility index (Phi) is 5.91. The van der Waals surface area contributed by atoms with Crippen molar-refractivity contribution in [2.45, 2.75) is 6.92 Å². The molecule has 1 amide bonds. The first kappa shape index (κ1) is 19.0. The van der Waals surface area contributed by atoms with Gasteiger partial charge in [-0.05, 0) is 42.3 Å². The minimum Gasteiger partial charge on any atom is -0.508 e.